The Morgan fingerprint density at radius 3 is 2.58 bits per heavy atom. The van der Waals surface area contributed by atoms with Crippen molar-refractivity contribution in [2.75, 3.05) is 0 Å². The van der Waals surface area contributed by atoms with E-state index in [9.17, 15) is 10.1 Å². The quantitative estimate of drug-likeness (QED) is 0.496. The molecule has 0 saturated heterocycles. The standard InChI is InChI=1S/C11H10Cl2N4O2/c1-6-10(17(18)19)7(2)16(15-6)5-8-3-4-9(12)14-11(8)13/h3-4H,5H2,1-2H3. The predicted octanol–water partition coefficient (Wildman–Crippen LogP) is 3.16. The van der Waals surface area contributed by atoms with E-state index in [1.807, 2.05) is 0 Å². The predicted molar refractivity (Wildman–Crippen MR) is 71.7 cm³/mol. The summed E-state index contributed by atoms with van der Waals surface area (Å²) < 4.78 is 1.53. The van der Waals surface area contributed by atoms with Gasteiger partial charge in [0.1, 0.15) is 21.7 Å². The molecule has 0 atom stereocenters. The third-order valence-corrected chi connectivity index (χ3v) is 3.28. The van der Waals surface area contributed by atoms with E-state index in [0.717, 1.165) is 0 Å². The van der Waals surface area contributed by atoms with Crippen molar-refractivity contribution >= 4 is 28.9 Å². The van der Waals surface area contributed by atoms with E-state index in [2.05, 4.69) is 10.1 Å². The summed E-state index contributed by atoms with van der Waals surface area (Å²) in [5, 5.41) is 15.6. The second-order valence-electron chi connectivity index (χ2n) is 4.02. The van der Waals surface area contributed by atoms with Gasteiger partial charge in [-0.05, 0) is 19.9 Å². The summed E-state index contributed by atoms with van der Waals surface area (Å²) in [5.41, 5.74) is 1.58. The molecule has 0 aromatic carbocycles. The van der Waals surface area contributed by atoms with Gasteiger partial charge < -0.3 is 0 Å². The van der Waals surface area contributed by atoms with Crippen LogP contribution in [0.1, 0.15) is 17.0 Å². The van der Waals surface area contributed by atoms with E-state index < -0.39 is 4.92 Å². The lowest BCUT2D eigenvalue weighted by Crippen LogP contribution is -2.05. The van der Waals surface area contributed by atoms with E-state index in [4.69, 9.17) is 23.2 Å². The molecule has 0 bridgehead atoms. The molecule has 6 nitrogen and oxygen atoms in total. The molecule has 0 N–H and O–H groups in total. The SMILES string of the molecule is Cc1nn(Cc2ccc(Cl)nc2Cl)c(C)c1[N+](=O)[O-]. The van der Waals surface area contributed by atoms with Crippen LogP contribution in [0.5, 0.6) is 0 Å². The molecular formula is C11H10Cl2N4O2. The molecule has 0 aliphatic heterocycles. The van der Waals surface area contributed by atoms with Crippen LogP contribution in [0.2, 0.25) is 10.3 Å². The Balaban J connectivity index is 2.39. The van der Waals surface area contributed by atoms with Gasteiger partial charge in [-0.2, -0.15) is 5.10 Å². The zero-order valence-electron chi connectivity index (χ0n) is 10.2. The summed E-state index contributed by atoms with van der Waals surface area (Å²) in [5.74, 6) is 0. The minimum atomic E-state index is -0.435. The van der Waals surface area contributed by atoms with Crippen LogP contribution < -0.4 is 0 Å². The van der Waals surface area contributed by atoms with Crippen molar-refractivity contribution in [3.8, 4) is 0 Å². The minimum Gasteiger partial charge on any atom is -0.258 e. The Morgan fingerprint density at radius 1 is 1.37 bits per heavy atom. The maximum Gasteiger partial charge on any atom is 0.312 e. The van der Waals surface area contributed by atoms with Crippen molar-refractivity contribution in [2.24, 2.45) is 0 Å². The Bertz CT molecular complexity index is 654. The van der Waals surface area contributed by atoms with Gasteiger partial charge in [0, 0.05) is 5.56 Å². The summed E-state index contributed by atoms with van der Waals surface area (Å²) in [6.07, 6.45) is 0. The summed E-state index contributed by atoms with van der Waals surface area (Å²) in [4.78, 5) is 14.4. The first-order valence-electron chi connectivity index (χ1n) is 5.39. The van der Waals surface area contributed by atoms with Crippen LogP contribution in [-0.2, 0) is 6.54 Å². The van der Waals surface area contributed by atoms with Gasteiger partial charge in [-0.1, -0.05) is 29.3 Å². The molecule has 0 aliphatic carbocycles. The average molecular weight is 301 g/mol. The Labute approximate surface area is 119 Å². The van der Waals surface area contributed by atoms with Crippen molar-refractivity contribution in [1.82, 2.24) is 14.8 Å². The highest BCUT2D eigenvalue weighted by atomic mass is 35.5. The van der Waals surface area contributed by atoms with Crippen molar-refractivity contribution in [3.63, 3.8) is 0 Å². The van der Waals surface area contributed by atoms with Crippen LogP contribution in [0.4, 0.5) is 5.69 Å². The maximum atomic E-state index is 10.9. The molecule has 8 heteroatoms. The largest absolute Gasteiger partial charge is 0.312 e. The summed E-state index contributed by atoms with van der Waals surface area (Å²) in [7, 11) is 0. The summed E-state index contributed by atoms with van der Waals surface area (Å²) in [6.45, 7) is 3.56. The third kappa shape index (κ3) is 2.69. The molecular weight excluding hydrogens is 291 g/mol. The highest BCUT2D eigenvalue weighted by molar-refractivity contribution is 6.32. The minimum absolute atomic E-state index is 0.0260. The number of rotatable bonds is 3. The Hall–Kier alpha value is -1.66. The molecule has 0 fully saturated rings. The third-order valence-electron chi connectivity index (χ3n) is 2.74. The lowest BCUT2D eigenvalue weighted by molar-refractivity contribution is -0.386. The van der Waals surface area contributed by atoms with E-state index in [0.29, 0.717) is 28.6 Å². The lowest BCUT2D eigenvalue weighted by atomic mass is 10.3. The molecule has 2 heterocycles. The molecule has 0 saturated carbocycles. The van der Waals surface area contributed by atoms with E-state index >= 15 is 0 Å². The first kappa shape index (κ1) is 13.8. The number of hydrogen-bond donors (Lipinski definition) is 0. The highest BCUT2D eigenvalue weighted by Gasteiger charge is 2.22. The first-order chi connectivity index (χ1) is 8.90. The monoisotopic (exact) mass is 300 g/mol. The van der Waals surface area contributed by atoms with Gasteiger partial charge in [0.25, 0.3) is 0 Å². The Kier molecular flexibility index (Phi) is 3.73. The number of pyridine rings is 1. The summed E-state index contributed by atoms with van der Waals surface area (Å²) in [6, 6.07) is 3.34. The number of halogens is 2. The van der Waals surface area contributed by atoms with Gasteiger partial charge in [0.15, 0.2) is 0 Å². The second-order valence-corrected chi connectivity index (χ2v) is 4.76. The zero-order valence-corrected chi connectivity index (χ0v) is 11.7. The van der Waals surface area contributed by atoms with Gasteiger partial charge in [0.2, 0.25) is 0 Å². The van der Waals surface area contributed by atoms with Crippen LogP contribution >= 0.6 is 23.2 Å². The lowest BCUT2D eigenvalue weighted by Gasteiger charge is -2.05. The van der Waals surface area contributed by atoms with E-state index in [1.165, 1.54) is 4.68 Å². The zero-order chi connectivity index (χ0) is 14.2. The molecule has 0 amide bonds. The van der Waals surface area contributed by atoms with E-state index in [1.54, 1.807) is 26.0 Å². The topological polar surface area (TPSA) is 73.8 Å². The van der Waals surface area contributed by atoms with Crippen LogP contribution in [0, 0.1) is 24.0 Å². The molecule has 100 valence electrons. The van der Waals surface area contributed by atoms with Crippen LogP contribution in [-0.4, -0.2) is 19.7 Å². The van der Waals surface area contributed by atoms with Gasteiger partial charge >= 0.3 is 5.69 Å². The molecule has 0 spiro atoms. The van der Waals surface area contributed by atoms with Gasteiger partial charge in [-0.15, -0.1) is 0 Å². The number of nitro groups is 1. The fraction of sp³-hybridized carbons (Fsp3) is 0.273. The highest BCUT2D eigenvalue weighted by Crippen LogP contribution is 2.24. The molecule has 2 rings (SSSR count). The van der Waals surface area contributed by atoms with Crippen LogP contribution in [0.3, 0.4) is 0 Å². The molecule has 0 radical (unpaired) electrons. The maximum absolute atomic E-state index is 10.9. The van der Waals surface area contributed by atoms with Crippen LogP contribution in [0.25, 0.3) is 0 Å². The van der Waals surface area contributed by atoms with E-state index in [-0.39, 0.29) is 10.8 Å². The molecule has 2 aromatic rings. The van der Waals surface area contributed by atoms with Crippen molar-refractivity contribution in [1.29, 1.82) is 0 Å². The molecule has 0 aliphatic rings. The molecule has 19 heavy (non-hydrogen) atoms. The second kappa shape index (κ2) is 5.14. The Morgan fingerprint density at radius 2 is 2.05 bits per heavy atom. The number of hydrogen-bond acceptors (Lipinski definition) is 4. The smallest absolute Gasteiger partial charge is 0.258 e. The average Bonchev–Trinajstić information content (AvgIpc) is 2.58. The van der Waals surface area contributed by atoms with Gasteiger partial charge in [-0.3, -0.25) is 14.8 Å². The number of aromatic nitrogens is 3. The van der Waals surface area contributed by atoms with Crippen molar-refractivity contribution in [2.45, 2.75) is 20.4 Å². The fourth-order valence-corrected chi connectivity index (χ4v) is 2.23. The normalized spacial score (nSPS) is 10.7. The number of nitrogens with zero attached hydrogens (tertiary/aromatic N) is 4. The molecule has 0 unspecified atom stereocenters. The van der Waals surface area contributed by atoms with Crippen molar-refractivity contribution in [3.05, 3.63) is 49.5 Å². The number of aryl methyl sites for hydroxylation is 1. The fourth-order valence-electron chi connectivity index (χ4n) is 1.83. The van der Waals surface area contributed by atoms with Crippen molar-refractivity contribution < 1.29 is 4.92 Å². The van der Waals surface area contributed by atoms with Crippen LogP contribution in [0.15, 0.2) is 12.1 Å². The molecule has 2 aromatic heterocycles. The summed E-state index contributed by atoms with van der Waals surface area (Å²) >= 11 is 11.7. The van der Waals surface area contributed by atoms with Gasteiger partial charge in [-0.25, -0.2) is 4.98 Å². The first-order valence-corrected chi connectivity index (χ1v) is 6.15. The van der Waals surface area contributed by atoms with Gasteiger partial charge in [0.05, 0.1) is 11.5 Å².